The zero-order valence-electron chi connectivity index (χ0n) is 7.82. The fraction of sp³-hybridized carbons (Fsp3) is 1.00. The molecule has 0 radical (unpaired) electrons. The third-order valence-corrected chi connectivity index (χ3v) is 2.30. The molecule has 0 saturated heterocycles. The summed E-state index contributed by atoms with van der Waals surface area (Å²) >= 11 is 0. The molecule has 1 fully saturated rings. The van der Waals surface area contributed by atoms with Crippen molar-refractivity contribution in [2.45, 2.75) is 81.6 Å². The van der Waals surface area contributed by atoms with E-state index in [0.29, 0.717) is 0 Å². The summed E-state index contributed by atoms with van der Waals surface area (Å²) in [6.07, 6.45) is 8.93. The third-order valence-electron chi connectivity index (χ3n) is 2.30. The Hall–Kier alpha value is 0. The van der Waals surface area contributed by atoms with Gasteiger partial charge in [-0.15, -0.1) is 0 Å². The summed E-state index contributed by atoms with van der Waals surface area (Å²) in [5.41, 5.74) is 0. The van der Waals surface area contributed by atoms with Crippen LogP contribution in [0.1, 0.15) is 81.6 Å². The Kier molecular flexibility index (Phi) is 31.9. The Labute approximate surface area is 88.1 Å². The van der Waals surface area contributed by atoms with Gasteiger partial charge in [-0.05, 0) is 5.92 Å². The molecule has 13 heavy (non-hydrogen) atoms. The van der Waals surface area contributed by atoms with Gasteiger partial charge in [0.15, 0.2) is 0 Å². The lowest BCUT2D eigenvalue weighted by Crippen LogP contribution is -2.03. The van der Waals surface area contributed by atoms with Crippen molar-refractivity contribution in [2.75, 3.05) is 0 Å². The van der Waals surface area contributed by atoms with Crippen molar-refractivity contribution >= 4 is 0 Å². The molecule has 0 nitrogen and oxygen atoms in total. The second-order valence-electron chi connectivity index (χ2n) is 2.91. The highest BCUT2D eigenvalue weighted by Crippen LogP contribution is 2.25. The molecule has 0 heterocycles. The topological polar surface area (TPSA) is 0 Å². The van der Waals surface area contributed by atoms with Gasteiger partial charge >= 0.3 is 0 Å². The summed E-state index contributed by atoms with van der Waals surface area (Å²) in [4.78, 5) is 0. The van der Waals surface area contributed by atoms with Crippen LogP contribution in [0, 0.1) is 5.92 Å². The molecule has 1 aliphatic rings. The molecule has 0 N–H and O–H groups in total. The SMILES string of the molecule is C.C.C.CC.CCC1CCCCC1. The number of hydrogen-bond acceptors (Lipinski definition) is 0. The predicted octanol–water partition coefficient (Wildman–Crippen LogP) is 5.91. The minimum Gasteiger partial charge on any atom is -0.0776 e. The molecule has 0 spiro atoms. The van der Waals surface area contributed by atoms with E-state index in [2.05, 4.69) is 6.92 Å². The van der Waals surface area contributed by atoms with Gasteiger partial charge in [-0.2, -0.15) is 0 Å². The van der Waals surface area contributed by atoms with Gasteiger partial charge in [0, 0.05) is 0 Å². The van der Waals surface area contributed by atoms with Crippen molar-refractivity contribution in [3.63, 3.8) is 0 Å². The van der Waals surface area contributed by atoms with E-state index in [1.165, 1.54) is 38.5 Å². The summed E-state index contributed by atoms with van der Waals surface area (Å²) < 4.78 is 0. The van der Waals surface area contributed by atoms with Crippen LogP contribution in [0.2, 0.25) is 0 Å². The zero-order chi connectivity index (χ0) is 7.82. The minimum atomic E-state index is 0. The second-order valence-corrected chi connectivity index (χ2v) is 2.91. The minimum absolute atomic E-state index is 0. The Bertz CT molecular complexity index is 51.1. The molecule has 0 unspecified atom stereocenters. The maximum absolute atomic E-state index is 2.32. The Morgan fingerprint density at radius 3 is 1.46 bits per heavy atom. The van der Waals surface area contributed by atoms with Crippen molar-refractivity contribution in [3.8, 4) is 0 Å². The highest BCUT2D eigenvalue weighted by Gasteiger charge is 2.09. The molecule has 86 valence electrons. The van der Waals surface area contributed by atoms with Crippen LogP contribution in [0.3, 0.4) is 0 Å². The summed E-state index contributed by atoms with van der Waals surface area (Å²) in [6, 6.07) is 0. The molecule has 0 heteroatoms. The Balaban J connectivity index is -0.0000000761. The van der Waals surface area contributed by atoms with E-state index < -0.39 is 0 Å². The maximum atomic E-state index is 2.32. The van der Waals surface area contributed by atoms with E-state index in [-0.39, 0.29) is 22.3 Å². The highest BCUT2D eigenvalue weighted by atomic mass is 14.2. The van der Waals surface area contributed by atoms with Gasteiger partial charge in [-0.25, -0.2) is 0 Å². The molecule has 1 aliphatic carbocycles. The van der Waals surface area contributed by atoms with Crippen molar-refractivity contribution in [1.29, 1.82) is 0 Å². The number of rotatable bonds is 1. The van der Waals surface area contributed by atoms with Gasteiger partial charge in [0.05, 0.1) is 0 Å². The van der Waals surface area contributed by atoms with Gasteiger partial charge in [0.1, 0.15) is 0 Å². The molecular formula is C13H34. The van der Waals surface area contributed by atoms with Gasteiger partial charge < -0.3 is 0 Å². The van der Waals surface area contributed by atoms with Crippen LogP contribution in [-0.4, -0.2) is 0 Å². The standard InChI is InChI=1S/C8H16.C2H6.3CH4/c1-2-8-6-4-3-5-7-8;1-2;;;/h8H,2-7H2,1H3;1-2H3;3*1H4. The molecule has 0 aromatic carbocycles. The van der Waals surface area contributed by atoms with Crippen LogP contribution in [0.5, 0.6) is 0 Å². The lowest BCUT2D eigenvalue weighted by atomic mass is 9.88. The van der Waals surface area contributed by atoms with E-state index in [9.17, 15) is 0 Å². The van der Waals surface area contributed by atoms with Crippen LogP contribution in [-0.2, 0) is 0 Å². The zero-order valence-corrected chi connectivity index (χ0v) is 7.82. The first-order chi connectivity index (χ1) is 4.93. The van der Waals surface area contributed by atoms with Crippen LogP contribution in [0.25, 0.3) is 0 Å². The first kappa shape index (κ1) is 23.1. The second kappa shape index (κ2) is 17.9. The van der Waals surface area contributed by atoms with E-state index in [1.54, 1.807) is 0 Å². The fourth-order valence-electron chi connectivity index (χ4n) is 1.60. The normalized spacial score (nSPS) is 15.0. The van der Waals surface area contributed by atoms with E-state index in [1.807, 2.05) is 13.8 Å². The quantitative estimate of drug-likeness (QED) is 0.482. The lowest BCUT2D eigenvalue weighted by Gasteiger charge is -2.18. The van der Waals surface area contributed by atoms with E-state index in [0.717, 1.165) is 5.92 Å². The molecule has 0 aromatic rings. The molecule has 1 rings (SSSR count). The monoisotopic (exact) mass is 190 g/mol. The molecule has 0 aliphatic heterocycles. The van der Waals surface area contributed by atoms with Crippen LogP contribution >= 0.6 is 0 Å². The summed E-state index contributed by atoms with van der Waals surface area (Å²) in [7, 11) is 0. The van der Waals surface area contributed by atoms with Crippen LogP contribution < -0.4 is 0 Å². The molecule has 0 aromatic heterocycles. The predicted molar refractivity (Wildman–Crippen MR) is 68.4 cm³/mol. The Morgan fingerprint density at radius 2 is 1.23 bits per heavy atom. The molecular weight excluding hydrogens is 156 g/mol. The van der Waals surface area contributed by atoms with Gasteiger partial charge in [-0.1, -0.05) is 81.6 Å². The smallest absolute Gasteiger partial charge is 0.0417 e. The summed E-state index contributed by atoms with van der Waals surface area (Å²) in [5, 5.41) is 0. The van der Waals surface area contributed by atoms with Gasteiger partial charge in [-0.3, -0.25) is 0 Å². The van der Waals surface area contributed by atoms with E-state index >= 15 is 0 Å². The largest absolute Gasteiger partial charge is 0.0776 e. The van der Waals surface area contributed by atoms with Crippen molar-refractivity contribution in [2.24, 2.45) is 5.92 Å². The van der Waals surface area contributed by atoms with Crippen molar-refractivity contribution < 1.29 is 0 Å². The first-order valence-electron chi connectivity index (χ1n) is 4.93. The summed E-state index contributed by atoms with van der Waals surface area (Å²) in [6.45, 7) is 6.32. The molecule has 0 bridgehead atoms. The average Bonchev–Trinajstić information content (AvgIpc) is 2.10. The Morgan fingerprint density at radius 1 is 0.846 bits per heavy atom. The van der Waals surface area contributed by atoms with Crippen molar-refractivity contribution in [1.82, 2.24) is 0 Å². The van der Waals surface area contributed by atoms with Crippen LogP contribution in [0.15, 0.2) is 0 Å². The molecule has 1 saturated carbocycles. The van der Waals surface area contributed by atoms with Crippen LogP contribution in [0.4, 0.5) is 0 Å². The first-order valence-corrected chi connectivity index (χ1v) is 4.93. The summed E-state index contributed by atoms with van der Waals surface area (Å²) in [5.74, 6) is 1.09. The van der Waals surface area contributed by atoms with Gasteiger partial charge in [0.25, 0.3) is 0 Å². The van der Waals surface area contributed by atoms with Crippen molar-refractivity contribution in [3.05, 3.63) is 0 Å². The maximum Gasteiger partial charge on any atom is -0.0417 e. The lowest BCUT2D eigenvalue weighted by molar-refractivity contribution is 0.349. The average molecular weight is 190 g/mol. The fourth-order valence-corrected chi connectivity index (χ4v) is 1.60. The van der Waals surface area contributed by atoms with E-state index in [4.69, 9.17) is 0 Å². The van der Waals surface area contributed by atoms with Gasteiger partial charge in [0.2, 0.25) is 0 Å². The third kappa shape index (κ3) is 12.0. The molecule has 0 amide bonds. The molecule has 0 atom stereocenters. The number of hydrogen-bond donors (Lipinski definition) is 0. The highest BCUT2D eigenvalue weighted by molar-refractivity contribution is 4.63.